The van der Waals surface area contributed by atoms with Gasteiger partial charge in [-0.1, -0.05) is 19.4 Å². The summed E-state index contributed by atoms with van der Waals surface area (Å²) in [7, 11) is -3.34. The first kappa shape index (κ1) is 26.9. The summed E-state index contributed by atoms with van der Waals surface area (Å²) in [5.74, 6) is -1.16. The van der Waals surface area contributed by atoms with Crippen molar-refractivity contribution in [1.29, 1.82) is 0 Å². The Morgan fingerprint density at radius 2 is 1.94 bits per heavy atom. The van der Waals surface area contributed by atoms with Crippen LogP contribution in [0.25, 0.3) is 0 Å². The van der Waals surface area contributed by atoms with Crippen molar-refractivity contribution in [2.75, 3.05) is 37.9 Å². The molecule has 1 aromatic carbocycles. The van der Waals surface area contributed by atoms with E-state index < -0.39 is 40.3 Å². The van der Waals surface area contributed by atoms with E-state index in [2.05, 4.69) is 0 Å². The first-order chi connectivity index (χ1) is 16.6. The highest BCUT2D eigenvalue weighted by molar-refractivity contribution is 7.91. The largest absolute Gasteiger partial charge is 0.490 e. The van der Waals surface area contributed by atoms with Crippen molar-refractivity contribution < 1.29 is 36.7 Å². The molecule has 0 unspecified atom stereocenters. The number of carbonyl (C=O) groups is 3. The fourth-order valence-electron chi connectivity index (χ4n) is 3.84. The average molecular weight is 513 g/mol. The summed E-state index contributed by atoms with van der Waals surface area (Å²) in [6.45, 7) is 3.30. The molecule has 0 aromatic heterocycles. The number of sulfone groups is 1. The number of benzene rings is 1. The molecule has 1 aromatic rings. The number of urea groups is 1. The van der Waals surface area contributed by atoms with E-state index in [1.807, 2.05) is 0 Å². The molecule has 1 aliphatic carbocycles. The summed E-state index contributed by atoms with van der Waals surface area (Å²) in [6.07, 6.45) is 3.74. The lowest BCUT2D eigenvalue weighted by Crippen LogP contribution is -2.35. The number of halogens is 1. The van der Waals surface area contributed by atoms with Crippen molar-refractivity contribution in [2.24, 2.45) is 5.92 Å². The number of amides is 3. The molecular weight excluding hydrogens is 479 g/mol. The van der Waals surface area contributed by atoms with Gasteiger partial charge in [0.2, 0.25) is 0 Å². The Bertz CT molecular complexity index is 1040. The van der Waals surface area contributed by atoms with Gasteiger partial charge in [-0.2, -0.15) is 0 Å². The summed E-state index contributed by atoms with van der Waals surface area (Å²) in [4.78, 5) is 37.3. The van der Waals surface area contributed by atoms with Crippen LogP contribution in [-0.2, 0) is 24.2 Å². The van der Waals surface area contributed by atoms with Crippen molar-refractivity contribution >= 4 is 27.7 Å². The maximum Gasteiger partial charge on any atom is 0.330 e. The predicted molar refractivity (Wildman–Crippen MR) is 126 cm³/mol. The smallest absolute Gasteiger partial charge is 0.330 e. The van der Waals surface area contributed by atoms with Gasteiger partial charge in [0.25, 0.3) is 5.91 Å². The van der Waals surface area contributed by atoms with Crippen LogP contribution in [0.1, 0.15) is 57.4 Å². The molecule has 35 heavy (non-hydrogen) atoms. The molecule has 1 saturated carbocycles. The van der Waals surface area contributed by atoms with Crippen LogP contribution in [0.4, 0.5) is 9.18 Å². The Labute approximate surface area is 205 Å². The summed E-state index contributed by atoms with van der Waals surface area (Å²) in [6, 6.07) is 3.99. The SMILES string of the molecule is CC(=O)OCN1C(=O)CN(CCCCCS(=O)(=O)C[C@H](C)c2ccc(F)c(OCC3CC3)c2)C1=O. The number of hydrogen-bond acceptors (Lipinski definition) is 7. The molecular formula is C24H33FN2O7S. The topological polar surface area (TPSA) is 110 Å². The maximum absolute atomic E-state index is 14.0. The second kappa shape index (κ2) is 11.8. The number of unbranched alkanes of at least 4 members (excludes halogenated alkanes) is 2. The first-order valence-corrected chi connectivity index (χ1v) is 13.7. The molecule has 3 amide bonds. The van der Waals surface area contributed by atoms with Gasteiger partial charge in [-0.3, -0.25) is 9.59 Å². The van der Waals surface area contributed by atoms with Crippen LogP contribution in [-0.4, -0.2) is 74.1 Å². The molecule has 2 fully saturated rings. The first-order valence-electron chi connectivity index (χ1n) is 11.9. The van der Waals surface area contributed by atoms with Crippen molar-refractivity contribution in [3.8, 4) is 5.75 Å². The molecule has 0 bridgehead atoms. The van der Waals surface area contributed by atoms with Crippen LogP contribution in [0.5, 0.6) is 5.75 Å². The van der Waals surface area contributed by atoms with Gasteiger partial charge in [-0.15, -0.1) is 0 Å². The molecule has 2 aliphatic rings. The van der Waals surface area contributed by atoms with E-state index in [0.29, 0.717) is 38.3 Å². The average Bonchev–Trinajstić information content (AvgIpc) is 3.57. The number of carbonyl (C=O) groups excluding carboxylic acids is 3. The third-order valence-corrected chi connectivity index (χ3v) is 8.03. The number of imide groups is 1. The molecule has 0 spiro atoms. The zero-order chi connectivity index (χ0) is 25.6. The Kier molecular flexibility index (Phi) is 9.09. The fourth-order valence-corrected chi connectivity index (χ4v) is 5.61. The third-order valence-electron chi connectivity index (χ3n) is 6.11. The van der Waals surface area contributed by atoms with Gasteiger partial charge in [0.05, 0.1) is 18.1 Å². The van der Waals surface area contributed by atoms with Crippen molar-refractivity contribution in [2.45, 2.75) is 51.9 Å². The standard InChI is InChI=1S/C24H33FN2O7S/c1-17(20-8-9-21(25)22(12-20)33-14-19-6-7-19)15-35(31,32)11-5-3-4-10-26-13-23(29)27(24(26)30)16-34-18(2)28/h8-9,12,17,19H,3-7,10-11,13-16H2,1-2H3/t17-/m0/s1. The molecule has 3 rings (SSSR count). The van der Waals surface area contributed by atoms with E-state index in [4.69, 9.17) is 9.47 Å². The van der Waals surface area contributed by atoms with Crippen LogP contribution in [0, 0.1) is 11.7 Å². The lowest BCUT2D eigenvalue weighted by atomic mass is 10.0. The number of rotatable bonds is 14. The van der Waals surface area contributed by atoms with Gasteiger partial charge in [-0.05, 0) is 55.2 Å². The van der Waals surface area contributed by atoms with Gasteiger partial charge in [0.15, 0.2) is 28.1 Å². The highest BCUT2D eigenvalue weighted by Crippen LogP contribution is 2.31. The molecule has 0 N–H and O–H groups in total. The molecule has 11 heteroatoms. The minimum Gasteiger partial charge on any atom is -0.490 e. The molecule has 194 valence electrons. The van der Waals surface area contributed by atoms with Gasteiger partial charge in [0, 0.05) is 13.5 Å². The lowest BCUT2D eigenvalue weighted by molar-refractivity contribution is -0.146. The molecule has 0 radical (unpaired) electrons. The van der Waals surface area contributed by atoms with E-state index in [0.717, 1.165) is 23.3 Å². The Morgan fingerprint density at radius 1 is 1.20 bits per heavy atom. The highest BCUT2D eigenvalue weighted by Gasteiger charge is 2.36. The van der Waals surface area contributed by atoms with E-state index in [-0.39, 0.29) is 29.7 Å². The monoisotopic (exact) mass is 512 g/mol. The quantitative estimate of drug-likeness (QED) is 0.214. The van der Waals surface area contributed by atoms with Gasteiger partial charge >= 0.3 is 12.0 Å². The van der Waals surface area contributed by atoms with Crippen LogP contribution in [0.3, 0.4) is 0 Å². The Morgan fingerprint density at radius 3 is 2.63 bits per heavy atom. The van der Waals surface area contributed by atoms with Gasteiger partial charge in [-0.25, -0.2) is 22.5 Å². The molecule has 1 aliphatic heterocycles. The summed E-state index contributed by atoms with van der Waals surface area (Å²) in [5.41, 5.74) is 0.719. The van der Waals surface area contributed by atoms with Crippen molar-refractivity contribution in [1.82, 2.24) is 9.80 Å². The second-order valence-corrected chi connectivity index (χ2v) is 11.5. The van der Waals surface area contributed by atoms with Gasteiger partial charge in [0.1, 0.15) is 6.54 Å². The normalized spacial score (nSPS) is 17.1. The molecule has 1 saturated heterocycles. The maximum atomic E-state index is 14.0. The molecule has 1 heterocycles. The summed E-state index contributed by atoms with van der Waals surface area (Å²) < 4.78 is 49.5. The minimum absolute atomic E-state index is 0.00895. The van der Waals surface area contributed by atoms with E-state index in [1.165, 1.54) is 17.9 Å². The highest BCUT2D eigenvalue weighted by atomic mass is 32.2. The Balaban J connectivity index is 1.39. The van der Waals surface area contributed by atoms with Crippen molar-refractivity contribution in [3.05, 3.63) is 29.6 Å². The van der Waals surface area contributed by atoms with Crippen LogP contribution >= 0.6 is 0 Å². The summed E-state index contributed by atoms with van der Waals surface area (Å²) >= 11 is 0. The number of esters is 1. The second-order valence-electron chi connectivity index (χ2n) is 9.31. The third kappa shape index (κ3) is 8.19. The van der Waals surface area contributed by atoms with Gasteiger partial charge < -0.3 is 14.4 Å². The van der Waals surface area contributed by atoms with E-state index in [1.54, 1.807) is 19.1 Å². The minimum atomic E-state index is -3.34. The lowest BCUT2D eigenvalue weighted by Gasteiger charge is -2.17. The van der Waals surface area contributed by atoms with Crippen LogP contribution in [0.2, 0.25) is 0 Å². The predicted octanol–water partition coefficient (Wildman–Crippen LogP) is 3.09. The van der Waals surface area contributed by atoms with Crippen LogP contribution in [0.15, 0.2) is 18.2 Å². The zero-order valence-electron chi connectivity index (χ0n) is 20.2. The fraction of sp³-hybridized carbons (Fsp3) is 0.625. The summed E-state index contributed by atoms with van der Waals surface area (Å²) in [5, 5.41) is 0. The number of ether oxygens (including phenoxy) is 2. The number of hydrogen-bond donors (Lipinski definition) is 0. The van der Waals surface area contributed by atoms with E-state index in [9.17, 15) is 27.2 Å². The molecule has 1 atom stereocenters. The van der Waals surface area contributed by atoms with Crippen LogP contribution < -0.4 is 4.74 Å². The number of nitrogens with zero attached hydrogens (tertiary/aromatic N) is 2. The zero-order valence-corrected chi connectivity index (χ0v) is 21.0. The Hall–Kier alpha value is -2.69. The molecule has 9 nitrogen and oxygen atoms in total. The van der Waals surface area contributed by atoms with Crippen molar-refractivity contribution in [3.63, 3.8) is 0 Å². The van der Waals surface area contributed by atoms with E-state index >= 15 is 0 Å².